The third kappa shape index (κ3) is 4.68. The number of nitrogens with one attached hydrogen (secondary N) is 2. The molecule has 1 atom stereocenters. The lowest BCUT2D eigenvalue weighted by Crippen LogP contribution is -2.40. The van der Waals surface area contributed by atoms with Gasteiger partial charge in [-0.1, -0.05) is 26.7 Å². The van der Waals surface area contributed by atoms with Crippen LogP contribution in [0.25, 0.3) is 0 Å². The summed E-state index contributed by atoms with van der Waals surface area (Å²) in [6, 6.07) is 6.82. The average Bonchev–Trinajstić information content (AvgIpc) is 2.40. The Morgan fingerprint density at radius 1 is 1.10 bits per heavy atom. The van der Waals surface area contributed by atoms with Gasteiger partial charge < -0.3 is 10.6 Å². The van der Waals surface area contributed by atoms with E-state index in [1.807, 2.05) is 6.92 Å². The highest BCUT2D eigenvalue weighted by atomic mass is 16.2. The highest BCUT2D eigenvalue weighted by molar-refractivity contribution is 5.95. The smallest absolute Gasteiger partial charge is 0.319 e. The van der Waals surface area contributed by atoms with Gasteiger partial charge in [0.1, 0.15) is 0 Å². The molecule has 0 saturated carbocycles. The van der Waals surface area contributed by atoms with Crippen LogP contribution in [-0.2, 0) is 0 Å². The van der Waals surface area contributed by atoms with E-state index in [0.29, 0.717) is 17.2 Å². The van der Waals surface area contributed by atoms with E-state index in [0.717, 1.165) is 12.8 Å². The van der Waals surface area contributed by atoms with Crippen molar-refractivity contribution in [1.29, 1.82) is 0 Å². The third-order valence-electron chi connectivity index (χ3n) is 3.66. The highest BCUT2D eigenvalue weighted by Gasteiger charge is 2.15. The van der Waals surface area contributed by atoms with Gasteiger partial charge in [0.25, 0.3) is 0 Å². The minimum Gasteiger partial charge on any atom is -0.335 e. The Morgan fingerprint density at radius 3 is 2.10 bits per heavy atom. The van der Waals surface area contributed by atoms with Crippen molar-refractivity contribution in [3.63, 3.8) is 0 Å². The topological polar surface area (TPSA) is 58.2 Å². The van der Waals surface area contributed by atoms with Gasteiger partial charge in [0.2, 0.25) is 0 Å². The number of anilines is 1. The van der Waals surface area contributed by atoms with Crippen molar-refractivity contribution in [2.45, 2.75) is 46.6 Å². The number of amides is 2. The Kier molecular flexibility index (Phi) is 6.22. The molecule has 110 valence electrons. The number of rotatable bonds is 6. The molecule has 0 saturated heterocycles. The molecule has 4 nitrogen and oxygen atoms in total. The van der Waals surface area contributed by atoms with Crippen LogP contribution in [0.3, 0.4) is 0 Å². The zero-order chi connectivity index (χ0) is 15.1. The van der Waals surface area contributed by atoms with Crippen LogP contribution >= 0.6 is 0 Å². The minimum atomic E-state index is -0.208. The molecule has 0 aromatic heterocycles. The molecular weight excluding hydrogens is 252 g/mol. The van der Waals surface area contributed by atoms with Crippen molar-refractivity contribution in [3.8, 4) is 0 Å². The van der Waals surface area contributed by atoms with Crippen LogP contribution in [0, 0.1) is 5.92 Å². The second-order valence-corrected chi connectivity index (χ2v) is 5.10. The van der Waals surface area contributed by atoms with Crippen molar-refractivity contribution in [2.24, 2.45) is 5.92 Å². The summed E-state index contributed by atoms with van der Waals surface area (Å²) >= 11 is 0. The molecule has 2 amide bonds. The molecule has 1 aromatic carbocycles. The normalized spacial score (nSPS) is 12.1. The number of carbonyl (C=O) groups is 2. The Hall–Kier alpha value is -1.84. The molecule has 1 rings (SSSR count). The van der Waals surface area contributed by atoms with Gasteiger partial charge >= 0.3 is 6.03 Å². The first kappa shape index (κ1) is 16.2. The van der Waals surface area contributed by atoms with Crippen molar-refractivity contribution in [2.75, 3.05) is 5.32 Å². The van der Waals surface area contributed by atoms with E-state index in [1.54, 1.807) is 24.3 Å². The molecule has 0 aliphatic rings. The molecule has 20 heavy (non-hydrogen) atoms. The maximum Gasteiger partial charge on any atom is 0.319 e. The summed E-state index contributed by atoms with van der Waals surface area (Å²) in [7, 11) is 0. The Balaban J connectivity index is 2.55. The molecule has 1 aromatic rings. The molecule has 1 unspecified atom stereocenters. The van der Waals surface area contributed by atoms with Crippen LogP contribution in [0.2, 0.25) is 0 Å². The minimum absolute atomic E-state index is 0.0170. The van der Waals surface area contributed by atoms with Gasteiger partial charge in [0, 0.05) is 17.3 Å². The maximum absolute atomic E-state index is 11.9. The average molecular weight is 276 g/mol. The second kappa shape index (κ2) is 7.68. The molecule has 0 aliphatic heterocycles. The molecule has 0 radical (unpaired) electrons. The molecule has 0 spiro atoms. The zero-order valence-corrected chi connectivity index (χ0v) is 12.7. The number of hydrogen-bond donors (Lipinski definition) is 2. The van der Waals surface area contributed by atoms with Gasteiger partial charge in [0.05, 0.1) is 0 Å². The van der Waals surface area contributed by atoms with E-state index in [4.69, 9.17) is 0 Å². The fraction of sp³-hybridized carbons (Fsp3) is 0.500. The summed E-state index contributed by atoms with van der Waals surface area (Å²) in [5.74, 6) is 0.504. The lowest BCUT2D eigenvalue weighted by molar-refractivity contribution is 0.101. The van der Waals surface area contributed by atoms with Gasteiger partial charge in [-0.05, 0) is 44.0 Å². The molecule has 0 aliphatic carbocycles. The molecule has 0 fully saturated rings. The van der Waals surface area contributed by atoms with E-state index in [-0.39, 0.29) is 17.9 Å². The summed E-state index contributed by atoms with van der Waals surface area (Å²) in [5, 5.41) is 5.73. The molecule has 0 heterocycles. The molecule has 4 heteroatoms. The van der Waals surface area contributed by atoms with Crippen LogP contribution in [0.5, 0.6) is 0 Å². The van der Waals surface area contributed by atoms with Crippen LogP contribution in [0.4, 0.5) is 10.5 Å². The largest absolute Gasteiger partial charge is 0.335 e. The second-order valence-electron chi connectivity index (χ2n) is 5.10. The van der Waals surface area contributed by atoms with Crippen molar-refractivity contribution < 1.29 is 9.59 Å². The first-order chi connectivity index (χ1) is 9.47. The van der Waals surface area contributed by atoms with Crippen LogP contribution in [0.1, 0.15) is 50.9 Å². The number of carbonyl (C=O) groups excluding carboxylic acids is 2. The lowest BCUT2D eigenvalue weighted by Gasteiger charge is -2.22. The van der Waals surface area contributed by atoms with Gasteiger partial charge in [-0.2, -0.15) is 0 Å². The fourth-order valence-corrected chi connectivity index (χ4v) is 2.28. The summed E-state index contributed by atoms with van der Waals surface area (Å²) in [6.45, 7) is 7.80. The van der Waals surface area contributed by atoms with Crippen molar-refractivity contribution in [3.05, 3.63) is 29.8 Å². The highest BCUT2D eigenvalue weighted by Crippen LogP contribution is 2.13. The summed E-state index contributed by atoms with van der Waals surface area (Å²) in [5.41, 5.74) is 1.32. The number of Topliss-reactive ketones (excluding diaryl/α,β-unsaturated/α-hetero) is 1. The lowest BCUT2D eigenvalue weighted by atomic mass is 9.96. The monoisotopic (exact) mass is 276 g/mol. The van der Waals surface area contributed by atoms with Crippen LogP contribution < -0.4 is 10.6 Å². The Morgan fingerprint density at radius 2 is 1.65 bits per heavy atom. The quantitative estimate of drug-likeness (QED) is 0.776. The van der Waals surface area contributed by atoms with Gasteiger partial charge in [-0.3, -0.25) is 4.79 Å². The van der Waals surface area contributed by atoms with E-state index in [1.165, 1.54) is 6.92 Å². The van der Waals surface area contributed by atoms with E-state index in [2.05, 4.69) is 24.5 Å². The Bertz CT molecular complexity index is 450. The molecule has 0 bridgehead atoms. The summed E-state index contributed by atoms with van der Waals surface area (Å²) < 4.78 is 0. The fourth-order valence-electron chi connectivity index (χ4n) is 2.28. The molecule has 2 N–H and O–H groups in total. The van der Waals surface area contributed by atoms with E-state index < -0.39 is 0 Å². The standard InChI is InChI=1S/C16H24N2O2/c1-5-13(6-2)11(3)17-16(20)18-15-9-7-14(8-10-15)12(4)19/h7-11,13H,5-6H2,1-4H3,(H2,17,18,20). The van der Waals surface area contributed by atoms with Crippen LogP contribution in [0.15, 0.2) is 24.3 Å². The molecular formula is C16H24N2O2. The summed E-state index contributed by atoms with van der Waals surface area (Å²) in [6.07, 6.45) is 2.09. The Labute approximate surface area is 121 Å². The SMILES string of the molecule is CCC(CC)C(C)NC(=O)Nc1ccc(C(C)=O)cc1. The number of urea groups is 1. The van der Waals surface area contributed by atoms with Gasteiger partial charge in [-0.15, -0.1) is 0 Å². The van der Waals surface area contributed by atoms with Crippen molar-refractivity contribution >= 4 is 17.5 Å². The number of benzene rings is 1. The van der Waals surface area contributed by atoms with E-state index in [9.17, 15) is 9.59 Å². The van der Waals surface area contributed by atoms with Crippen molar-refractivity contribution in [1.82, 2.24) is 5.32 Å². The predicted octanol–water partition coefficient (Wildman–Crippen LogP) is 3.84. The first-order valence-electron chi connectivity index (χ1n) is 7.16. The van der Waals surface area contributed by atoms with E-state index >= 15 is 0 Å². The summed E-state index contributed by atoms with van der Waals surface area (Å²) in [4.78, 5) is 23.1. The third-order valence-corrected chi connectivity index (χ3v) is 3.66. The zero-order valence-electron chi connectivity index (χ0n) is 12.7. The van der Waals surface area contributed by atoms with Gasteiger partial charge in [0.15, 0.2) is 5.78 Å². The van der Waals surface area contributed by atoms with Gasteiger partial charge in [-0.25, -0.2) is 4.79 Å². The predicted molar refractivity (Wildman–Crippen MR) is 82.1 cm³/mol. The number of ketones is 1. The van der Waals surface area contributed by atoms with Crippen LogP contribution in [-0.4, -0.2) is 17.9 Å². The maximum atomic E-state index is 11.9. The first-order valence-corrected chi connectivity index (χ1v) is 7.16. The number of hydrogen-bond acceptors (Lipinski definition) is 2.